The predicted molar refractivity (Wildman–Crippen MR) is 92.7 cm³/mol. The summed E-state index contributed by atoms with van der Waals surface area (Å²) in [6.45, 7) is 3.26. The largest absolute Gasteiger partial charge is 0.353 e. The first kappa shape index (κ1) is 19.9. The SMILES string of the molecule is CC(N)CC(=O)NCc1ccc(C(=O)N2CCNC(=O)C2)cc1.Cl. The van der Waals surface area contributed by atoms with Crippen LogP contribution in [0.4, 0.5) is 0 Å². The molecule has 3 amide bonds. The van der Waals surface area contributed by atoms with Crippen molar-refractivity contribution < 1.29 is 14.4 Å². The number of piperazine rings is 1. The highest BCUT2D eigenvalue weighted by molar-refractivity contribution is 5.97. The number of hydrogen-bond acceptors (Lipinski definition) is 4. The van der Waals surface area contributed by atoms with E-state index in [0.29, 0.717) is 25.2 Å². The van der Waals surface area contributed by atoms with Gasteiger partial charge in [-0.3, -0.25) is 14.4 Å². The zero-order valence-electron chi connectivity index (χ0n) is 13.6. The maximum absolute atomic E-state index is 12.3. The molecule has 2 rings (SSSR count). The molecule has 1 unspecified atom stereocenters. The van der Waals surface area contributed by atoms with Gasteiger partial charge in [0.25, 0.3) is 5.91 Å². The third-order valence-electron chi connectivity index (χ3n) is 3.52. The summed E-state index contributed by atoms with van der Waals surface area (Å²) in [6.07, 6.45) is 0.285. The van der Waals surface area contributed by atoms with Crippen LogP contribution >= 0.6 is 12.4 Å². The van der Waals surface area contributed by atoms with E-state index in [1.807, 2.05) is 0 Å². The highest BCUT2D eigenvalue weighted by Gasteiger charge is 2.22. The van der Waals surface area contributed by atoms with Gasteiger partial charge < -0.3 is 21.3 Å². The maximum Gasteiger partial charge on any atom is 0.254 e. The minimum atomic E-state index is -0.170. The molecule has 0 radical (unpaired) electrons. The molecule has 1 heterocycles. The minimum Gasteiger partial charge on any atom is -0.353 e. The summed E-state index contributed by atoms with van der Waals surface area (Å²) < 4.78 is 0. The number of halogens is 1. The molecular formula is C16H23ClN4O3. The number of carbonyl (C=O) groups is 3. The number of rotatable bonds is 5. The summed E-state index contributed by atoms with van der Waals surface area (Å²) in [4.78, 5) is 36.7. The van der Waals surface area contributed by atoms with Gasteiger partial charge in [0.1, 0.15) is 0 Å². The van der Waals surface area contributed by atoms with Gasteiger partial charge in [-0.15, -0.1) is 12.4 Å². The second-order valence-electron chi connectivity index (χ2n) is 5.73. The van der Waals surface area contributed by atoms with Crippen molar-refractivity contribution in [2.75, 3.05) is 19.6 Å². The zero-order chi connectivity index (χ0) is 16.8. The van der Waals surface area contributed by atoms with Crippen molar-refractivity contribution in [3.63, 3.8) is 0 Å². The fourth-order valence-corrected chi connectivity index (χ4v) is 2.32. The second-order valence-corrected chi connectivity index (χ2v) is 5.73. The normalized spacial score (nSPS) is 15.1. The Hall–Kier alpha value is -2.12. The van der Waals surface area contributed by atoms with Gasteiger partial charge in [-0.2, -0.15) is 0 Å². The van der Waals surface area contributed by atoms with E-state index >= 15 is 0 Å². The van der Waals surface area contributed by atoms with E-state index in [1.165, 1.54) is 4.90 Å². The van der Waals surface area contributed by atoms with Crippen molar-refractivity contribution in [1.29, 1.82) is 0 Å². The monoisotopic (exact) mass is 354 g/mol. The summed E-state index contributed by atoms with van der Waals surface area (Å²) in [6, 6.07) is 6.84. The second kappa shape index (κ2) is 9.24. The minimum absolute atomic E-state index is 0. The van der Waals surface area contributed by atoms with Gasteiger partial charge in [0.15, 0.2) is 0 Å². The highest BCUT2D eigenvalue weighted by atomic mass is 35.5. The van der Waals surface area contributed by atoms with Gasteiger partial charge in [0.2, 0.25) is 11.8 Å². The number of benzene rings is 1. The van der Waals surface area contributed by atoms with E-state index in [-0.39, 0.29) is 49.1 Å². The standard InChI is InChI=1S/C16H22N4O3.ClH/c1-11(17)8-14(21)19-9-12-2-4-13(5-3-12)16(23)20-7-6-18-15(22)10-20;/h2-5,11H,6-10,17H2,1H3,(H,18,22)(H,19,21);1H. The molecule has 1 aromatic carbocycles. The number of nitrogens with one attached hydrogen (secondary N) is 2. The van der Waals surface area contributed by atoms with Crippen LogP contribution in [0.1, 0.15) is 29.3 Å². The lowest BCUT2D eigenvalue weighted by Gasteiger charge is -2.26. The van der Waals surface area contributed by atoms with E-state index in [2.05, 4.69) is 10.6 Å². The molecule has 1 aromatic rings. The number of carbonyl (C=O) groups excluding carboxylic acids is 3. The van der Waals surface area contributed by atoms with Gasteiger partial charge in [0.05, 0.1) is 6.54 Å². The van der Waals surface area contributed by atoms with Crippen molar-refractivity contribution in [2.45, 2.75) is 25.9 Å². The molecule has 1 saturated heterocycles. The Bertz CT molecular complexity index is 589. The highest BCUT2D eigenvalue weighted by Crippen LogP contribution is 2.09. The Morgan fingerprint density at radius 2 is 2.00 bits per heavy atom. The van der Waals surface area contributed by atoms with Gasteiger partial charge in [-0.25, -0.2) is 0 Å². The Morgan fingerprint density at radius 1 is 1.33 bits per heavy atom. The summed E-state index contributed by atoms with van der Waals surface area (Å²) in [5.41, 5.74) is 7.00. The molecule has 1 aliphatic rings. The molecule has 8 heteroatoms. The number of nitrogens with two attached hydrogens (primary N) is 1. The molecule has 1 aliphatic heterocycles. The molecule has 4 N–H and O–H groups in total. The van der Waals surface area contributed by atoms with E-state index in [0.717, 1.165) is 5.56 Å². The van der Waals surface area contributed by atoms with Gasteiger partial charge in [-0.05, 0) is 24.6 Å². The van der Waals surface area contributed by atoms with Crippen molar-refractivity contribution in [2.24, 2.45) is 5.73 Å². The quantitative estimate of drug-likeness (QED) is 0.694. The van der Waals surface area contributed by atoms with Crippen LogP contribution in [0.25, 0.3) is 0 Å². The molecule has 132 valence electrons. The van der Waals surface area contributed by atoms with E-state index in [4.69, 9.17) is 5.73 Å². The maximum atomic E-state index is 12.3. The average molecular weight is 355 g/mol. The lowest BCUT2D eigenvalue weighted by molar-refractivity contribution is -0.123. The Kier molecular flexibility index (Phi) is 7.67. The molecule has 1 atom stereocenters. The summed E-state index contributed by atoms with van der Waals surface area (Å²) in [7, 11) is 0. The van der Waals surface area contributed by atoms with E-state index < -0.39 is 0 Å². The van der Waals surface area contributed by atoms with Crippen LogP contribution in [-0.4, -0.2) is 48.3 Å². The number of nitrogens with zero attached hydrogens (tertiary/aromatic N) is 1. The third-order valence-corrected chi connectivity index (χ3v) is 3.52. The summed E-state index contributed by atoms with van der Waals surface area (Å²) in [5.74, 6) is -0.398. The average Bonchev–Trinajstić information content (AvgIpc) is 2.52. The summed E-state index contributed by atoms with van der Waals surface area (Å²) in [5, 5.41) is 5.47. The first-order valence-corrected chi connectivity index (χ1v) is 7.63. The van der Waals surface area contributed by atoms with Crippen molar-refractivity contribution >= 4 is 30.1 Å². The molecule has 0 aliphatic carbocycles. The Morgan fingerprint density at radius 3 is 2.58 bits per heavy atom. The third kappa shape index (κ3) is 5.82. The smallest absolute Gasteiger partial charge is 0.254 e. The molecule has 0 saturated carbocycles. The zero-order valence-corrected chi connectivity index (χ0v) is 14.4. The molecule has 24 heavy (non-hydrogen) atoms. The number of hydrogen-bond donors (Lipinski definition) is 3. The molecule has 0 spiro atoms. The lowest BCUT2D eigenvalue weighted by Crippen LogP contribution is -2.49. The van der Waals surface area contributed by atoms with Crippen molar-refractivity contribution in [3.05, 3.63) is 35.4 Å². The molecule has 7 nitrogen and oxygen atoms in total. The van der Waals surface area contributed by atoms with Crippen LogP contribution < -0.4 is 16.4 Å². The predicted octanol–water partition coefficient (Wildman–Crippen LogP) is 0.0339. The Balaban J connectivity index is 0.00000288. The fraction of sp³-hybridized carbons (Fsp3) is 0.438. The molecule has 1 fully saturated rings. The van der Waals surface area contributed by atoms with Gasteiger partial charge in [0, 0.05) is 37.7 Å². The number of amides is 3. The molecule has 0 aromatic heterocycles. The van der Waals surface area contributed by atoms with Crippen LogP contribution in [0, 0.1) is 0 Å². The van der Waals surface area contributed by atoms with Crippen LogP contribution in [0.5, 0.6) is 0 Å². The Labute approximate surface area is 147 Å². The van der Waals surface area contributed by atoms with Crippen LogP contribution in [-0.2, 0) is 16.1 Å². The topological polar surface area (TPSA) is 105 Å². The fourth-order valence-electron chi connectivity index (χ4n) is 2.32. The van der Waals surface area contributed by atoms with Crippen LogP contribution in [0.2, 0.25) is 0 Å². The van der Waals surface area contributed by atoms with Crippen LogP contribution in [0.3, 0.4) is 0 Å². The van der Waals surface area contributed by atoms with Gasteiger partial charge in [-0.1, -0.05) is 12.1 Å². The van der Waals surface area contributed by atoms with E-state index in [1.54, 1.807) is 31.2 Å². The first-order valence-electron chi connectivity index (χ1n) is 7.63. The molecule has 0 bridgehead atoms. The van der Waals surface area contributed by atoms with Crippen molar-refractivity contribution in [3.8, 4) is 0 Å². The van der Waals surface area contributed by atoms with Gasteiger partial charge >= 0.3 is 0 Å². The van der Waals surface area contributed by atoms with Crippen molar-refractivity contribution in [1.82, 2.24) is 15.5 Å². The summed E-state index contributed by atoms with van der Waals surface area (Å²) >= 11 is 0. The van der Waals surface area contributed by atoms with Crippen LogP contribution in [0.15, 0.2) is 24.3 Å². The lowest BCUT2D eigenvalue weighted by atomic mass is 10.1. The first-order chi connectivity index (χ1) is 11.0. The van der Waals surface area contributed by atoms with E-state index in [9.17, 15) is 14.4 Å². The molecular weight excluding hydrogens is 332 g/mol.